The van der Waals surface area contributed by atoms with E-state index < -0.39 is 0 Å². The molecule has 0 radical (unpaired) electrons. The van der Waals surface area contributed by atoms with Crippen LogP contribution < -0.4 is 10.5 Å². The summed E-state index contributed by atoms with van der Waals surface area (Å²) in [5, 5.41) is 0. The van der Waals surface area contributed by atoms with Crippen molar-refractivity contribution < 1.29 is 4.74 Å². The van der Waals surface area contributed by atoms with Crippen LogP contribution in [-0.2, 0) is 6.61 Å². The third-order valence-electron chi connectivity index (χ3n) is 3.08. The molecular formula is C17H15N3O. The highest BCUT2D eigenvalue weighted by Crippen LogP contribution is 2.26. The monoisotopic (exact) mass is 277 g/mol. The minimum absolute atomic E-state index is 0.380. The summed E-state index contributed by atoms with van der Waals surface area (Å²) in [5.74, 6) is 0.951. The molecular weight excluding hydrogens is 262 g/mol. The Morgan fingerprint density at radius 3 is 2.52 bits per heavy atom. The number of ether oxygens (including phenoxy) is 1. The Hall–Kier alpha value is -2.88. The summed E-state index contributed by atoms with van der Waals surface area (Å²) in [4.78, 5) is 8.48. The number of nitrogens with two attached hydrogens (primary N) is 1. The highest BCUT2D eigenvalue weighted by molar-refractivity contribution is 5.63. The number of hydrogen-bond acceptors (Lipinski definition) is 4. The molecule has 0 saturated carbocycles. The van der Waals surface area contributed by atoms with E-state index >= 15 is 0 Å². The molecule has 4 heteroatoms. The summed E-state index contributed by atoms with van der Waals surface area (Å²) in [5.41, 5.74) is 8.68. The maximum atomic E-state index is 5.88. The van der Waals surface area contributed by atoms with Crippen molar-refractivity contribution in [2.45, 2.75) is 6.61 Å². The quantitative estimate of drug-likeness (QED) is 0.794. The average Bonchev–Trinajstić information content (AvgIpc) is 2.56. The molecule has 2 N–H and O–H groups in total. The zero-order valence-electron chi connectivity index (χ0n) is 11.4. The van der Waals surface area contributed by atoms with Gasteiger partial charge in [-0.2, -0.15) is 0 Å². The molecule has 1 aromatic carbocycles. The van der Waals surface area contributed by atoms with Crippen molar-refractivity contribution in [2.75, 3.05) is 5.73 Å². The summed E-state index contributed by atoms with van der Waals surface area (Å²) in [6.45, 7) is 0.457. The predicted molar refractivity (Wildman–Crippen MR) is 82.7 cm³/mol. The Morgan fingerprint density at radius 2 is 1.76 bits per heavy atom. The molecule has 0 aliphatic rings. The number of anilines is 1. The van der Waals surface area contributed by atoms with Crippen LogP contribution in [0.3, 0.4) is 0 Å². The predicted octanol–water partition coefficient (Wildman–Crippen LogP) is 3.30. The Balaban J connectivity index is 1.82. The maximum Gasteiger partial charge on any atom is 0.166 e. The van der Waals surface area contributed by atoms with Crippen molar-refractivity contribution >= 4 is 5.82 Å². The van der Waals surface area contributed by atoms with Crippen LogP contribution in [0.5, 0.6) is 5.75 Å². The fourth-order valence-corrected chi connectivity index (χ4v) is 1.98. The number of benzene rings is 1. The third kappa shape index (κ3) is 3.17. The van der Waals surface area contributed by atoms with Crippen molar-refractivity contribution in [3.63, 3.8) is 0 Å². The highest BCUT2D eigenvalue weighted by Gasteiger charge is 2.06. The van der Waals surface area contributed by atoms with Gasteiger partial charge in [0.05, 0.1) is 5.69 Å². The summed E-state index contributed by atoms with van der Waals surface area (Å²) in [6.07, 6.45) is 3.45. The van der Waals surface area contributed by atoms with Crippen LogP contribution >= 0.6 is 0 Å². The number of nitrogens with zero attached hydrogens (tertiary/aromatic N) is 2. The average molecular weight is 277 g/mol. The van der Waals surface area contributed by atoms with Gasteiger partial charge in [0.25, 0.3) is 0 Å². The molecule has 0 aliphatic heterocycles. The normalized spacial score (nSPS) is 10.3. The molecule has 0 fully saturated rings. The van der Waals surface area contributed by atoms with Crippen LogP contribution in [0.15, 0.2) is 67.0 Å². The second-order valence-corrected chi connectivity index (χ2v) is 4.60. The molecule has 0 atom stereocenters. The van der Waals surface area contributed by atoms with Crippen LogP contribution in [0.1, 0.15) is 5.56 Å². The van der Waals surface area contributed by atoms with Crippen LogP contribution in [0.25, 0.3) is 11.3 Å². The smallest absolute Gasteiger partial charge is 0.166 e. The second-order valence-electron chi connectivity index (χ2n) is 4.60. The van der Waals surface area contributed by atoms with Gasteiger partial charge in [0.1, 0.15) is 6.61 Å². The summed E-state index contributed by atoms with van der Waals surface area (Å²) in [6, 6.07) is 17.5. The first-order valence-electron chi connectivity index (χ1n) is 6.66. The van der Waals surface area contributed by atoms with E-state index in [1.165, 1.54) is 0 Å². The van der Waals surface area contributed by atoms with E-state index in [0.717, 1.165) is 16.8 Å². The molecule has 0 amide bonds. The van der Waals surface area contributed by atoms with E-state index in [9.17, 15) is 0 Å². The van der Waals surface area contributed by atoms with Crippen LogP contribution in [0.2, 0.25) is 0 Å². The van der Waals surface area contributed by atoms with Crippen molar-refractivity contribution in [2.24, 2.45) is 0 Å². The number of aromatic nitrogens is 2. The first-order valence-corrected chi connectivity index (χ1v) is 6.66. The molecule has 0 aliphatic carbocycles. The van der Waals surface area contributed by atoms with E-state index in [2.05, 4.69) is 9.97 Å². The lowest BCUT2D eigenvalue weighted by Crippen LogP contribution is -2.01. The Kier molecular flexibility index (Phi) is 3.78. The molecule has 0 saturated heterocycles. The van der Waals surface area contributed by atoms with Crippen molar-refractivity contribution in [1.29, 1.82) is 0 Å². The SMILES string of the molecule is Nc1ncc(-c2ccccn2)cc1OCc1ccccc1. The lowest BCUT2D eigenvalue weighted by Gasteiger charge is -2.10. The Bertz CT molecular complexity index is 715. The van der Waals surface area contributed by atoms with Crippen molar-refractivity contribution in [3.05, 3.63) is 72.6 Å². The van der Waals surface area contributed by atoms with E-state index in [1.54, 1.807) is 12.4 Å². The number of hydrogen-bond donors (Lipinski definition) is 1. The van der Waals surface area contributed by atoms with Crippen molar-refractivity contribution in [3.8, 4) is 17.0 Å². The van der Waals surface area contributed by atoms with Crippen LogP contribution in [0.4, 0.5) is 5.82 Å². The lowest BCUT2D eigenvalue weighted by atomic mass is 10.2. The minimum Gasteiger partial charge on any atom is -0.485 e. The lowest BCUT2D eigenvalue weighted by molar-refractivity contribution is 0.307. The topological polar surface area (TPSA) is 61.0 Å². The van der Waals surface area contributed by atoms with Gasteiger partial charge in [-0.25, -0.2) is 4.98 Å². The van der Waals surface area contributed by atoms with Gasteiger partial charge in [0.15, 0.2) is 11.6 Å². The molecule has 0 bridgehead atoms. The second kappa shape index (κ2) is 6.05. The van der Waals surface area contributed by atoms with E-state index in [-0.39, 0.29) is 0 Å². The molecule has 0 unspecified atom stereocenters. The van der Waals surface area contributed by atoms with E-state index in [4.69, 9.17) is 10.5 Å². The highest BCUT2D eigenvalue weighted by atomic mass is 16.5. The molecule has 2 heterocycles. The van der Waals surface area contributed by atoms with Gasteiger partial charge in [0.2, 0.25) is 0 Å². The summed E-state index contributed by atoms with van der Waals surface area (Å²) in [7, 11) is 0. The van der Waals surface area contributed by atoms with Gasteiger partial charge >= 0.3 is 0 Å². The fourth-order valence-electron chi connectivity index (χ4n) is 1.98. The van der Waals surface area contributed by atoms with Gasteiger partial charge < -0.3 is 10.5 Å². The van der Waals surface area contributed by atoms with Gasteiger partial charge in [-0.05, 0) is 23.8 Å². The summed E-state index contributed by atoms with van der Waals surface area (Å²) >= 11 is 0. The number of pyridine rings is 2. The molecule has 3 aromatic rings. The Morgan fingerprint density at radius 1 is 0.952 bits per heavy atom. The van der Waals surface area contributed by atoms with Gasteiger partial charge in [0, 0.05) is 18.0 Å². The molecule has 104 valence electrons. The molecule has 0 spiro atoms. The van der Waals surface area contributed by atoms with E-state index in [0.29, 0.717) is 18.2 Å². The zero-order valence-corrected chi connectivity index (χ0v) is 11.4. The van der Waals surface area contributed by atoms with Crippen LogP contribution in [0, 0.1) is 0 Å². The minimum atomic E-state index is 0.380. The molecule has 3 rings (SSSR count). The standard InChI is InChI=1S/C17H15N3O/c18-17-16(21-12-13-6-2-1-3-7-13)10-14(11-20-17)15-8-4-5-9-19-15/h1-11H,12H2,(H2,18,20). The largest absolute Gasteiger partial charge is 0.485 e. The van der Waals surface area contributed by atoms with Gasteiger partial charge in [-0.3, -0.25) is 4.98 Å². The number of nitrogen functional groups attached to an aromatic ring is 1. The van der Waals surface area contributed by atoms with Crippen molar-refractivity contribution in [1.82, 2.24) is 9.97 Å². The fraction of sp³-hybridized carbons (Fsp3) is 0.0588. The van der Waals surface area contributed by atoms with E-state index in [1.807, 2.05) is 54.6 Å². The Labute approximate surface area is 123 Å². The van der Waals surface area contributed by atoms with Crippen LogP contribution in [-0.4, -0.2) is 9.97 Å². The zero-order chi connectivity index (χ0) is 14.5. The summed E-state index contributed by atoms with van der Waals surface area (Å²) < 4.78 is 5.77. The first kappa shape index (κ1) is 13.1. The molecule has 4 nitrogen and oxygen atoms in total. The van der Waals surface area contributed by atoms with Gasteiger partial charge in [-0.15, -0.1) is 0 Å². The molecule has 2 aromatic heterocycles. The molecule has 21 heavy (non-hydrogen) atoms. The third-order valence-corrected chi connectivity index (χ3v) is 3.08. The maximum absolute atomic E-state index is 5.88. The van der Waals surface area contributed by atoms with Gasteiger partial charge in [-0.1, -0.05) is 36.4 Å². The first-order chi connectivity index (χ1) is 10.3. The number of rotatable bonds is 4.